The van der Waals surface area contributed by atoms with Crippen molar-refractivity contribution in [2.75, 3.05) is 13.1 Å². The molecular formula is C10H16N2OS. The Bertz CT molecular complexity index is 272. The average molecular weight is 212 g/mol. The van der Waals surface area contributed by atoms with Gasteiger partial charge in [-0.15, -0.1) is 11.3 Å². The van der Waals surface area contributed by atoms with Crippen molar-refractivity contribution in [3.63, 3.8) is 0 Å². The number of carbonyl (C=O) groups excluding carboxylic acids is 1. The van der Waals surface area contributed by atoms with Crippen LogP contribution in [-0.4, -0.2) is 23.9 Å². The van der Waals surface area contributed by atoms with Gasteiger partial charge >= 0.3 is 0 Å². The third kappa shape index (κ3) is 3.12. The minimum absolute atomic E-state index is 0.142. The van der Waals surface area contributed by atoms with E-state index < -0.39 is 0 Å². The van der Waals surface area contributed by atoms with E-state index in [1.165, 1.54) is 4.88 Å². The highest BCUT2D eigenvalue weighted by Gasteiger charge is 2.10. The lowest BCUT2D eigenvalue weighted by Crippen LogP contribution is -2.31. The summed E-state index contributed by atoms with van der Waals surface area (Å²) < 4.78 is 0. The molecule has 1 heterocycles. The van der Waals surface area contributed by atoms with Crippen molar-refractivity contribution in [3.8, 4) is 0 Å². The molecule has 0 fully saturated rings. The van der Waals surface area contributed by atoms with E-state index in [9.17, 15) is 4.79 Å². The van der Waals surface area contributed by atoms with E-state index in [2.05, 4.69) is 0 Å². The number of nitrogens with two attached hydrogens (primary N) is 1. The average Bonchev–Trinajstić information content (AvgIpc) is 2.66. The van der Waals surface area contributed by atoms with Crippen molar-refractivity contribution < 1.29 is 4.79 Å². The van der Waals surface area contributed by atoms with Crippen molar-refractivity contribution in [2.45, 2.75) is 19.9 Å². The molecule has 0 spiro atoms. The van der Waals surface area contributed by atoms with Crippen LogP contribution in [0, 0.1) is 0 Å². The number of hydrogen-bond acceptors (Lipinski definition) is 3. The summed E-state index contributed by atoms with van der Waals surface area (Å²) in [5.74, 6) is 0.142. The second kappa shape index (κ2) is 5.78. The molecule has 0 aliphatic rings. The van der Waals surface area contributed by atoms with Crippen LogP contribution in [0.1, 0.15) is 18.2 Å². The summed E-state index contributed by atoms with van der Waals surface area (Å²) >= 11 is 1.68. The highest BCUT2D eigenvalue weighted by atomic mass is 32.1. The number of nitrogens with zero attached hydrogens (tertiary/aromatic N) is 1. The molecule has 0 saturated carbocycles. The van der Waals surface area contributed by atoms with Gasteiger partial charge in [0.15, 0.2) is 0 Å². The maximum Gasteiger partial charge on any atom is 0.224 e. The number of thiophene rings is 1. The first-order valence-electron chi connectivity index (χ1n) is 4.78. The van der Waals surface area contributed by atoms with E-state index in [1.54, 1.807) is 11.3 Å². The monoisotopic (exact) mass is 212 g/mol. The van der Waals surface area contributed by atoms with Gasteiger partial charge in [-0.25, -0.2) is 0 Å². The lowest BCUT2D eigenvalue weighted by molar-refractivity contribution is -0.131. The molecule has 1 rings (SSSR count). The first-order chi connectivity index (χ1) is 6.77. The maximum absolute atomic E-state index is 11.6. The van der Waals surface area contributed by atoms with Gasteiger partial charge in [0.1, 0.15) is 0 Å². The van der Waals surface area contributed by atoms with Gasteiger partial charge in [-0.3, -0.25) is 4.79 Å². The Labute approximate surface area is 88.5 Å². The molecule has 14 heavy (non-hydrogen) atoms. The van der Waals surface area contributed by atoms with E-state index in [0.717, 1.165) is 6.54 Å². The van der Waals surface area contributed by atoms with Crippen LogP contribution in [0.25, 0.3) is 0 Å². The fraction of sp³-hybridized carbons (Fsp3) is 0.500. The van der Waals surface area contributed by atoms with Gasteiger partial charge in [-0.2, -0.15) is 0 Å². The Morgan fingerprint density at radius 1 is 1.64 bits per heavy atom. The molecule has 0 aliphatic heterocycles. The third-order valence-electron chi connectivity index (χ3n) is 2.02. The predicted molar refractivity (Wildman–Crippen MR) is 59.1 cm³/mol. The van der Waals surface area contributed by atoms with Gasteiger partial charge in [0.2, 0.25) is 5.91 Å². The first-order valence-corrected chi connectivity index (χ1v) is 5.66. The topological polar surface area (TPSA) is 46.3 Å². The second-order valence-electron chi connectivity index (χ2n) is 3.03. The van der Waals surface area contributed by atoms with Crippen LogP contribution in [0.4, 0.5) is 0 Å². The standard InChI is InChI=1S/C10H16N2OS/c1-2-12(10(13)5-6-11)8-9-4-3-7-14-9/h3-4,7H,2,5-6,8,11H2,1H3. The summed E-state index contributed by atoms with van der Waals surface area (Å²) in [6.07, 6.45) is 0.444. The summed E-state index contributed by atoms with van der Waals surface area (Å²) in [4.78, 5) is 14.6. The fourth-order valence-electron chi connectivity index (χ4n) is 1.25. The minimum Gasteiger partial charge on any atom is -0.338 e. The van der Waals surface area contributed by atoms with E-state index in [0.29, 0.717) is 19.5 Å². The SMILES string of the molecule is CCN(Cc1cccs1)C(=O)CCN. The van der Waals surface area contributed by atoms with Crippen LogP contribution >= 0.6 is 11.3 Å². The summed E-state index contributed by atoms with van der Waals surface area (Å²) in [5, 5.41) is 2.02. The van der Waals surface area contributed by atoms with Gasteiger partial charge in [0.05, 0.1) is 6.54 Å². The molecule has 0 radical (unpaired) electrons. The predicted octanol–water partition coefficient (Wildman–Crippen LogP) is 1.45. The quantitative estimate of drug-likeness (QED) is 0.803. The van der Waals surface area contributed by atoms with Crippen molar-refractivity contribution in [3.05, 3.63) is 22.4 Å². The van der Waals surface area contributed by atoms with Crippen molar-refractivity contribution in [1.82, 2.24) is 4.90 Å². The number of amides is 1. The van der Waals surface area contributed by atoms with Crippen LogP contribution in [0.2, 0.25) is 0 Å². The Hall–Kier alpha value is -0.870. The molecule has 1 amide bonds. The molecule has 78 valence electrons. The molecule has 4 heteroatoms. The molecule has 0 bridgehead atoms. The smallest absolute Gasteiger partial charge is 0.224 e. The summed E-state index contributed by atoms with van der Waals surface area (Å²) in [5.41, 5.74) is 5.35. The third-order valence-corrected chi connectivity index (χ3v) is 2.88. The first kappa shape index (κ1) is 11.2. The van der Waals surface area contributed by atoms with Crippen LogP contribution in [0.5, 0.6) is 0 Å². The minimum atomic E-state index is 0.142. The number of carbonyl (C=O) groups is 1. The Morgan fingerprint density at radius 2 is 2.43 bits per heavy atom. The van der Waals surface area contributed by atoms with Gasteiger partial charge in [0.25, 0.3) is 0 Å². The number of rotatable bonds is 5. The summed E-state index contributed by atoms with van der Waals surface area (Å²) in [7, 11) is 0. The lowest BCUT2D eigenvalue weighted by Gasteiger charge is -2.19. The summed E-state index contributed by atoms with van der Waals surface area (Å²) in [6, 6.07) is 4.05. The zero-order chi connectivity index (χ0) is 10.4. The number of hydrogen-bond donors (Lipinski definition) is 1. The van der Waals surface area contributed by atoms with E-state index in [4.69, 9.17) is 5.73 Å². The molecule has 3 nitrogen and oxygen atoms in total. The van der Waals surface area contributed by atoms with Crippen molar-refractivity contribution in [1.29, 1.82) is 0 Å². The maximum atomic E-state index is 11.6. The molecule has 0 unspecified atom stereocenters. The van der Waals surface area contributed by atoms with Crippen LogP contribution in [0.3, 0.4) is 0 Å². The highest BCUT2D eigenvalue weighted by Crippen LogP contribution is 2.12. The van der Waals surface area contributed by atoms with Crippen LogP contribution in [-0.2, 0) is 11.3 Å². The lowest BCUT2D eigenvalue weighted by atomic mass is 10.3. The van der Waals surface area contributed by atoms with E-state index >= 15 is 0 Å². The van der Waals surface area contributed by atoms with Crippen LogP contribution in [0.15, 0.2) is 17.5 Å². The van der Waals surface area contributed by atoms with Crippen molar-refractivity contribution >= 4 is 17.2 Å². The Kier molecular flexibility index (Phi) is 4.62. The molecule has 0 atom stereocenters. The summed E-state index contributed by atoms with van der Waals surface area (Å²) in [6.45, 7) is 3.88. The van der Waals surface area contributed by atoms with Crippen LogP contribution < -0.4 is 5.73 Å². The van der Waals surface area contributed by atoms with Gasteiger partial charge in [0, 0.05) is 24.4 Å². The fourth-order valence-corrected chi connectivity index (χ4v) is 1.97. The molecule has 0 aromatic carbocycles. The zero-order valence-electron chi connectivity index (χ0n) is 8.40. The molecule has 2 N–H and O–H groups in total. The normalized spacial score (nSPS) is 10.1. The largest absolute Gasteiger partial charge is 0.338 e. The molecule has 1 aromatic rings. The van der Waals surface area contributed by atoms with Gasteiger partial charge < -0.3 is 10.6 Å². The molecule has 0 aliphatic carbocycles. The van der Waals surface area contributed by atoms with Gasteiger partial charge in [-0.1, -0.05) is 6.07 Å². The molecular weight excluding hydrogens is 196 g/mol. The Morgan fingerprint density at radius 3 is 2.93 bits per heavy atom. The second-order valence-corrected chi connectivity index (χ2v) is 4.06. The van der Waals surface area contributed by atoms with E-state index in [-0.39, 0.29) is 5.91 Å². The zero-order valence-corrected chi connectivity index (χ0v) is 9.22. The Balaban J connectivity index is 2.50. The highest BCUT2D eigenvalue weighted by molar-refractivity contribution is 7.09. The van der Waals surface area contributed by atoms with E-state index in [1.807, 2.05) is 29.3 Å². The van der Waals surface area contributed by atoms with Gasteiger partial charge in [-0.05, 0) is 18.4 Å². The molecule has 1 aromatic heterocycles. The molecule has 0 saturated heterocycles. The van der Waals surface area contributed by atoms with Crippen molar-refractivity contribution in [2.24, 2.45) is 5.73 Å².